The van der Waals surface area contributed by atoms with Gasteiger partial charge < -0.3 is 15.4 Å². The second-order valence-corrected chi connectivity index (χ2v) is 2.63. The van der Waals surface area contributed by atoms with E-state index in [1.165, 1.54) is 19.2 Å². The van der Waals surface area contributed by atoms with Gasteiger partial charge in [-0.1, -0.05) is 6.07 Å². The molecule has 0 spiro atoms. The van der Waals surface area contributed by atoms with Crippen molar-refractivity contribution in [1.29, 1.82) is 0 Å². The van der Waals surface area contributed by atoms with Crippen LogP contribution in [0.25, 0.3) is 0 Å². The predicted octanol–water partition coefficient (Wildman–Crippen LogP) is 0.919. The van der Waals surface area contributed by atoms with Crippen LogP contribution in [0.5, 0.6) is 11.5 Å². The zero-order valence-corrected chi connectivity index (χ0v) is 6.73. The molecule has 0 aliphatic rings. The minimum Gasteiger partial charge on any atom is -0.508 e. The Morgan fingerprint density at radius 1 is 1.33 bits per heavy atom. The number of phenolic OH excluding ortho intramolecular Hbond substituents is 2. The molecule has 0 aliphatic carbocycles. The van der Waals surface area contributed by atoms with Gasteiger partial charge in [0.25, 0.3) is 0 Å². The summed E-state index contributed by atoms with van der Waals surface area (Å²) < 4.78 is 0. The van der Waals surface area contributed by atoms with Crippen LogP contribution < -0.4 is 0 Å². The zero-order valence-electron chi connectivity index (χ0n) is 6.73. The summed E-state index contributed by atoms with van der Waals surface area (Å²) in [6, 6.07) is 4.24. The van der Waals surface area contributed by atoms with Crippen LogP contribution in [-0.4, -0.2) is 27.5 Å². The molecule has 0 unspecified atom stereocenters. The summed E-state index contributed by atoms with van der Waals surface area (Å²) in [4.78, 5) is 0. The van der Waals surface area contributed by atoms with Crippen molar-refractivity contribution < 1.29 is 15.4 Å². The van der Waals surface area contributed by atoms with Crippen molar-refractivity contribution >= 4 is 0 Å². The summed E-state index contributed by atoms with van der Waals surface area (Å²) >= 11 is 0. The zero-order chi connectivity index (χ0) is 9.14. The molecular weight excluding hydrogens is 158 g/mol. The number of hydrogen-bond donors (Lipinski definition) is 3. The molecule has 0 aliphatic heterocycles. The first kappa shape index (κ1) is 8.83. The van der Waals surface area contributed by atoms with Gasteiger partial charge >= 0.3 is 0 Å². The molecule has 1 aromatic rings. The molecule has 4 heteroatoms. The summed E-state index contributed by atoms with van der Waals surface area (Å²) in [7, 11) is 1.48. The van der Waals surface area contributed by atoms with Crippen molar-refractivity contribution in [3.63, 3.8) is 0 Å². The monoisotopic (exact) mass is 169 g/mol. The number of nitrogens with zero attached hydrogens (tertiary/aromatic N) is 1. The average molecular weight is 169 g/mol. The minimum absolute atomic E-state index is 0.0110. The van der Waals surface area contributed by atoms with Crippen molar-refractivity contribution in [2.45, 2.75) is 6.54 Å². The van der Waals surface area contributed by atoms with E-state index in [1.54, 1.807) is 6.07 Å². The maximum Gasteiger partial charge on any atom is 0.123 e. The fourth-order valence-electron chi connectivity index (χ4n) is 0.932. The molecular formula is C8H11NO3. The molecule has 1 aromatic carbocycles. The van der Waals surface area contributed by atoms with Crippen LogP contribution in [0.2, 0.25) is 0 Å². The largest absolute Gasteiger partial charge is 0.508 e. The Morgan fingerprint density at radius 3 is 2.50 bits per heavy atom. The lowest BCUT2D eigenvalue weighted by Crippen LogP contribution is -2.11. The van der Waals surface area contributed by atoms with E-state index in [1.807, 2.05) is 0 Å². The Bertz CT molecular complexity index is 273. The van der Waals surface area contributed by atoms with Crippen LogP contribution in [-0.2, 0) is 6.54 Å². The van der Waals surface area contributed by atoms with Crippen molar-refractivity contribution in [3.05, 3.63) is 23.8 Å². The Balaban J connectivity index is 2.86. The van der Waals surface area contributed by atoms with Gasteiger partial charge in [-0.3, -0.25) is 0 Å². The molecule has 0 heterocycles. The average Bonchev–Trinajstić information content (AvgIpc) is 1.94. The van der Waals surface area contributed by atoms with E-state index in [0.717, 1.165) is 5.06 Å². The Kier molecular flexibility index (Phi) is 2.52. The van der Waals surface area contributed by atoms with Crippen LogP contribution in [0.3, 0.4) is 0 Å². The first-order valence-electron chi connectivity index (χ1n) is 3.50. The molecule has 0 amide bonds. The highest BCUT2D eigenvalue weighted by Crippen LogP contribution is 2.22. The normalized spacial score (nSPS) is 10.6. The summed E-state index contributed by atoms with van der Waals surface area (Å²) in [6.45, 7) is 0.228. The van der Waals surface area contributed by atoms with Gasteiger partial charge in [0.05, 0.1) is 6.54 Å². The van der Waals surface area contributed by atoms with Crippen LogP contribution >= 0.6 is 0 Å². The summed E-state index contributed by atoms with van der Waals surface area (Å²) in [6.07, 6.45) is 0. The molecule has 1 rings (SSSR count). The van der Waals surface area contributed by atoms with E-state index in [9.17, 15) is 5.11 Å². The number of hydroxylamine groups is 2. The van der Waals surface area contributed by atoms with Gasteiger partial charge in [-0.25, -0.2) is 0 Å². The van der Waals surface area contributed by atoms with E-state index in [4.69, 9.17) is 10.3 Å². The molecule has 0 bridgehead atoms. The van der Waals surface area contributed by atoms with Crippen molar-refractivity contribution in [1.82, 2.24) is 5.06 Å². The van der Waals surface area contributed by atoms with E-state index < -0.39 is 0 Å². The third kappa shape index (κ3) is 2.11. The van der Waals surface area contributed by atoms with Crippen LogP contribution in [0.4, 0.5) is 0 Å². The number of aromatic hydroxyl groups is 2. The van der Waals surface area contributed by atoms with Crippen molar-refractivity contribution in [2.75, 3.05) is 7.05 Å². The van der Waals surface area contributed by atoms with E-state index >= 15 is 0 Å². The van der Waals surface area contributed by atoms with Crippen LogP contribution in [0.15, 0.2) is 18.2 Å². The maximum atomic E-state index is 9.24. The van der Waals surface area contributed by atoms with Crippen molar-refractivity contribution in [3.8, 4) is 11.5 Å². The smallest absolute Gasteiger partial charge is 0.123 e. The Labute approximate surface area is 70.3 Å². The molecule has 0 atom stereocenters. The number of phenols is 2. The first-order chi connectivity index (χ1) is 5.59. The second kappa shape index (κ2) is 3.42. The molecule has 3 N–H and O–H groups in total. The van der Waals surface area contributed by atoms with Gasteiger partial charge in [0.2, 0.25) is 0 Å². The van der Waals surface area contributed by atoms with Gasteiger partial charge in [0, 0.05) is 18.7 Å². The minimum atomic E-state index is -0.0177. The van der Waals surface area contributed by atoms with E-state index in [-0.39, 0.29) is 18.0 Å². The molecule has 0 radical (unpaired) electrons. The highest BCUT2D eigenvalue weighted by molar-refractivity contribution is 5.38. The lowest BCUT2D eigenvalue weighted by atomic mass is 10.2. The molecule has 4 nitrogen and oxygen atoms in total. The fourth-order valence-corrected chi connectivity index (χ4v) is 0.932. The highest BCUT2D eigenvalue weighted by atomic mass is 16.5. The van der Waals surface area contributed by atoms with Gasteiger partial charge in [-0.2, -0.15) is 5.06 Å². The first-order valence-corrected chi connectivity index (χ1v) is 3.50. The molecule has 0 aromatic heterocycles. The Morgan fingerprint density at radius 2 is 2.00 bits per heavy atom. The van der Waals surface area contributed by atoms with Crippen molar-refractivity contribution in [2.24, 2.45) is 0 Å². The highest BCUT2D eigenvalue weighted by Gasteiger charge is 2.03. The number of rotatable bonds is 2. The lowest BCUT2D eigenvalue weighted by molar-refractivity contribution is -0.0735. The SMILES string of the molecule is CN(O)Cc1ccc(O)cc1O. The topological polar surface area (TPSA) is 63.9 Å². The maximum absolute atomic E-state index is 9.24. The van der Waals surface area contributed by atoms with E-state index in [0.29, 0.717) is 5.56 Å². The molecule has 12 heavy (non-hydrogen) atoms. The quantitative estimate of drug-likeness (QED) is 0.576. The van der Waals surface area contributed by atoms with Crippen LogP contribution in [0.1, 0.15) is 5.56 Å². The van der Waals surface area contributed by atoms with E-state index in [2.05, 4.69) is 0 Å². The van der Waals surface area contributed by atoms with Gasteiger partial charge in [-0.05, 0) is 6.07 Å². The summed E-state index contributed by atoms with van der Waals surface area (Å²) in [5.74, 6) is -0.00672. The fraction of sp³-hybridized carbons (Fsp3) is 0.250. The molecule has 0 saturated carbocycles. The third-order valence-electron chi connectivity index (χ3n) is 1.47. The van der Waals surface area contributed by atoms with Gasteiger partial charge in [0.1, 0.15) is 11.5 Å². The summed E-state index contributed by atoms with van der Waals surface area (Å²) in [5, 5.41) is 28.0. The lowest BCUT2D eigenvalue weighted by Gasteiger charge is -2.09. The second-order valence-electron chi connectivity index (χ2n) is 2.63. The standard InChI is InChI=1S/C8H11NO3/c1-9(12)5-6-2-3-7(10)4-8(6)11/h2-4,10-12H,5H2,1H3. The Hall–Kier alpha value is -1.26. The van der Waals surface area contributed by atoms with Gasteiger partial charge in [-0.15, -0.1) is 0 Å². The molecule has 0 saturated heterocycles. The van der Waals surface area contributed by atoms with Crippen LogP contribution in [0, 0.1) is 0 Å². The number of hydrogen-bond acceptors (Lipinski definition) is 4. The summed E-state index contributed by atoms with van der Waals surface area (Å²) in [5.41, 5.74) is 0.567. The van der Waals surface area contributed by atoms with Gasteiger partial charge in [0.15, 0.2) is 0 Å². The third-order valence-corrected chi connectivity index (χ3v) is 1.47. The number of benzene rings is 1. The predicted molar refractivity (Wildman–Crippen MR) is 43.0 cm³/mol. The molecule has 66 valence electrons. The molecule has 0 fully saturated rings.